The second-order valence-corrected chi connectivity index (χ2v) is 8.29. The van der Waals surface area contributed by atoms with E-state index in [1.54, 1.807) is 6.07 Å². The van der Waals surface area contributed by atoms with Gasteiger partial charge in [0, 0.05) is 17.8 Å². The van der Waals surface area contributed by atoms with Crippen molar-refractivity contribution in [3.05, 3.63) is 71.0 Å². The number of nitrogens with one attached hydrogen (secondary N) is 2. The number of anilines is 1. The summed E-state index contributed by atoms with van der Waals surface area (Å²) in [5.41, 5.74) is 2.09. The van der Waals surface area contributed by atoms with Crippen LogP contribution in [0.4, 0.5) is 5.69 Å². The Labute approximate surface area is 195 Å². The van der Waals surface area contributed by atoms with Gasteiger partial charge in [0.1, 0.15) is 0 Å². The summed E-state index contributed by atoms with van der Waals surface area (Å²) in [5, 5.41) is 25.4. The third-order valence-corrected chi connectivity index (χ3v) is 5.78. The van der Waals surface area contributed by atoms with Gasteiger partial charge in [0.25, 0.3) is 5.91 Å². The monoisotopic (exact) mass is 466 g/mol. The molecule has 0 aliphatic carbocycles. The molecule has 2 aromatic carbocycles. The van der Waals surface area contributed by atoms with Crippen molar-refractivity contribution in [2.45, 2.75) is 38.5 Å². The summed E-state index contributed by atoms with van der Waals surface area (Å²) in [5.74, 6) is -1.06. The van der Waals surface area contributed by atoms with Gasteiger partial charge in [-0.05, 0) is 50.6 Å². The lowest BCUT2D eigenvalue weighted by Gasteiger charge is -2.15. The molecule has 9 nitrogen and oxygen atoms in total. The van der Waals surface area contributed by atoms with Crippen LogP contribution in [0.2, 0.25) is 0 Å². The van der Waals surface area contributed by atoms with Crippen LogP contribution < -0.4 is 15.7 Å². The van der Waals surface area contributed by atoms with Crippen molar-refractivity contribution in [3.8, 4) is 0 Å². The number of hydrogen-bond donors (Lipinski definition) is 2. The fraction of sp³-hybridized carbons (Fsp3) is 0.261. The summed E-state index contributed by atoms with van der Waals surface area (Å²) < 4.78 is 1.85. The third-order valence-electron chi connectivity index (χ3n) is 4.81. The molecule has 0 saturated heterocycles. The lowest BCUT2D eigenvalue weighted by molar-refractivity contribution is -0.255. The SMILES string of the molecule is CCn1c(SCC(=O)Nc2ccc(C(=O)[O-])cc2)nnc1[C@@H](C)NC(=O)c1cccc(C)c1. The Morgan fingerprint density at radius 2 is 1.82 bits per heavy atom. The fourth-order valence-electron chi connectivity index (χ4n) is 3.17. The number of aromatic carboxylic acids is 1. The third kappa shape index (κ3) is 6.19. The number of amides is 2. The molecule has 172 valence electrons. The van der Waals surface area contributed by atoms with Crippen molar-refractivity contribution in [2.24, 2.45) is 0 Å². The van der Waals surface area contributed by atoms with Crippen LogP contribution in [-0.2, 0) is 11.3 Å². The van der Waals surface area contributed by atoms with Gasteiger partial charge in [0.15, 0.2) is 11.0 Å². The van der Waals surface area contributed by atoms with Crippen molar-refractivity contribution >= 4 is 35.2 Å². The average Bonchev–Trinajstić information content (AvgIpc) is 3.21. The molecular weight excluding hydrogens is 442 g/mol. The summed E-state index contributed by atoms with van der Waals surface area (Å²) >= 11 is 1.22. The Morgan fingerprint density at radius 1 is 1.09 bits per heavy atom. The average molecular weight is 467 g/mol. The van der Waals surface area contributed by atoms with Crippen LogP contribution in [0.5, 0.6) is 0 Å². The van der Waals surface area contributed by atoms with Crippen LogP contribution in [0.15, 0.2) is 53.7 Å². The molecule has 0 saturated carbocycles. The van der Waals surface area contributed by atoms with Gasteiger partial charge < -0.3 is 25.1 Å². The Hall–Kier alpha value is -3.66. The van der Waals surface area contributed by atoms with Gasteiger partial charge in [-0.15, -0.1) is 10.2 Å². The molecule has 3 aromatic rings. The first kappa shape index (κ1) is 24.0. The minimum atomic E-state index is -1.28. The lowest BCUT2D eigenvalue weighted by atomic mass is 10.1. The molecule has 0 spiro atoms. The number of aryl methyl sites for hydroxylation is 1. The second kappa shape index (κ2) is 10.8. The molecule has 2 N–H and O–H groups in total. The fourth-order valence-corrected chi connectivity index (χ4v) is 3.98. The predicted molar refractivity (Wildman–Crippen MR) is 123 cm³/mol. The van der Waals surface area contributed by atoms with Crippen LogP contribution in [-0.4, -0.2) is 38.3 Å². The highest BCUT2D eigenvalue weighted by Gasteiger charge is 2.20. The largest absolute Gasteiger partial charge is 0.545 e. The molecule has 0 unspecified atom stereocenters. The zero-order valence-electron chi connectivity index (χ0n) is 18.5. The van der Waals surface area contributed by atoms with Crippen molar-refractivity contribution in [1.82, 2.24) is 20.1 Å². The summed E-state index contributed by atoms with van der Waals surface area (Å²) in [6, 6.07) is 12.7. The highest BCUT2D eigenvalue weighted by Crippen LogP contribution is 2.21. The van der Waals surface area contributed by atoms with Gasteiger partial charge in [-0.2, -0.15) is 0 Å². The second-order valence-electron chi connectivity index (χ2n) is 7.35. The number of nitrogens with zero attached hydrogens (tertiary/aromatic N) is 3. The van der Waals surface area contributed by atoms with E-state index < -0.39 is 5.97 Å². The highest BCUT2D eigenvalue weighted by molar-refractivity contribution is 7.99. The summed E-state index contributed by atoms with van der Waals surface area (Å²) in [7, 11) is 0. The van der Waals surface area contributed by atoms with Crippen molar-refractivity contribution in [2.75, 3.05) is 11.1 Å². The molecule has 33 heavy (non-hydrogen) atoms. The Balaban J connectivity index is 1.60. The van der Waals surface area contributed by atoms with E-state index in [9.17, 15) is 19.5 Å². The van der Waals surface area contributed by atoms with E-state index in [2.05, 4.69) is 20.8 Å². The number of benzene rings is 2. The van der Waals surface area contributed by atoms with Gasteiger partial charge in [0.05, 0.1) is 17.8 Å². The number of carboxylic acid groups (broad SMARTS) is 1. The van der Waals surface area contributed by atoms with Crippen molar-refractivity contribution < 1.29 is 19.5 Å². The number of aromatic nitrogens is 3. The highest BCUT2D eigenvalue weighted by atomic mass is 32.2. The molecule has 0 radical (unpaired) electrons. The van der Waals surface area contributed by atoms with E-state index in [1.165, 1.54) is 36.0 Å². The zero-order chi connectivity index (χ0) is 24.0. The molecule has 0 aliphatic heterocycles. The maximum absolute atomic E-state index is 12.6. The van der Waals surface area contributed by atoms with Crippen LogP contribution in [0.1, 0.15) is 52.0 Å². The van der Waals surface area contributed by atoms with Crippen LogP contribution in [0.25, 0.3) is 0 Å². The van der Waals surface area contributed by atoms with Gasteiger partial charge in [-0.1, -0.05) is 41.6 Å². The number of thioether (sulfide) groups is 1. The molecular formula is C23H24N5O4S-. The molecule has 0 bridgehead atoms. The maximum atomic E-state index is 12.6. The summed E-state index contributed by atoms with van der Waals surface area (Å²) in [6.07, 6.45) is 0. The quantitative estimate of drug-likeness (QED) is 0.463. The first-order valence-electron chi connectivity index (χ1n) is 10.3. The number of carbonyl (C=O) groups excluding carboxylic acids is 3. The van der Waals surface area contributed by atoms with Crippen LogP contribution in [0, 0.1) is 6.92 Å². The standard InChI is InChI=1S/C23H25N5O4S/c1-4-28-20(15(3)24-21(30)17-7-5-6-14(2)12-17)26-27-23(28)33-13-19(29)25-18-10-8-16(9-11-18)22(31)32/h5-12,15H,4,13H2,1-3H3,(H,24,30)(H,25,29)(H,31,32)/p-1/t15-/m1/s1. The van der Waals surface area contributed by atoms with E-state index in [0.717, 1.165) is 5.56 Å². The van der Waals surface area contributed by atoms with E-state index in [-0.39, 0.29) is 29.2 Å². The molecule has 1 aromatic heterocycles. The van der Waals surface area contributed by atoms with Gasteiger partial charge in [0.2, 0.25) is 5.91 Å². The lowest BCUT2D eigenvalue weighted by Crippen LogP contribution is -2.28. The van der Waals surface area contributed by atoms with Gasteiger partial charge in [-0.25, -0.2) is 0 Å². The van der Waals surface area contributed by atoms with Gasteiger partial charge in [-0.3, -0.25) is 9.59 Å². The van der Waals surface area contributed by atoms with E-state index in [1.807, 2.05) is 43.5 Å². The predicted octanol–water partition coefficient (Wildman–Crippen LogP) is 2.19. The maximum Gasteiger partial charge on any atom is 0.251 e. The smallest absolute Gasteiger partial charge is 0.251 e. The van der Waals surface area contributed by atoms with E-state index in [4.69, 9.17) is 0 Å². The van der Waals surface area contributed by atoms with E-state index >= 15 is 0 Å². The Bertz CT molecular complexity index is 1160. The zero-order valence-corrected chi connectivity index (χ0v) is 19.3. The first-order chi connectivity index (χ1) is 15.8. The topological polar surface area (TPSA) is 129 Å². The molecule has 0 fully saturated rings. The molecule has 10 heteroatoms. The van der Waals surface area contributed by atoms with Crippen LogP contribution in [0.3, 0.4) is 0 Å². The first-order valence-corrected chi connectivity index (χ1v) is 11.3. The number of carbonyl (C=O) groups is 3. The molecule has 0 aliphatic rings. The molecule has 1 atom stereocenters. The minimum Gasteiger partial charge on any atom is -0.545 e. The van der Waals surface area contributed by atoms with Gasteiger partial charge >= 0.3 is 0 Å². The molecule has 3 rings (SSSR count). The molecule has 1 heterocycles. The minimum absolute atomic E-state index is 0.0366. The molecule has 2 amide bonds. The summed E-state index contributed by atoms with van der Waals surface area (Å²) in [6.45, 7) is 6.27. The van der Waals surface area contributed by atoms with E-state index in [0.29, 0.717) is 28.8 Å². The van der Waals surface area contributed by atoms with Crippen molar-refractivity contribution in [3.63, 3.8) is 0 Å². The number of rotatable bonds is 9. The Morgan fingerprint density at radius 3 is 2.45 bits per heavy atom. The number of hydrogen-bond acceptors (Lipinski definition) is 7. The normalized spacial score (nSPS) is 11.6. The number of carboxylic acids is 1. The van der Waals surface area contributed by atoms with Crippen LogP contribution >= 0.6 is 11.8 Å². The Kier molecular flexibility index (Phi) is 7.83. The van der Waals surface area contributed by atoms with Crippen molar-refractivity contribution in [1.29, 1.82) is 0 Å². The summed E-state index contributed by atoms with van der Waals surface area (Å²) in [4.78, 5) is 35.7.